The van der Waals surface area contributed by atoms with Gasteiger partial charge < -0.3 is 9.64 Å². The average molecular weight is 388 g/mol. The Labute approximate surface area is 163 Å². The van der Waals surface area contributed by atoms with Crippen LogP contribution < -0.4 is 9.64 Å². The van der Waals surface area contributed by atoms with Gasteiger partial charge in [0, 0.05) is 19.3 Å². The monoisotopic (exact) mass is 387 g/mol. The number of hydrogen-bond acceptors (Lipinski definition) is 6. The van der Waals surface area contributed by atoms with Gasteiger partial charge >= 0.3 is 0 Å². The Morgan fingerprint density at radius 2 is 2.07 bits per heavy atom. The van der Waals surface area contributed by atoms with Gasteiger partial charge in [0.25, 0.3) is 5.91 Å². The van der Waals surface area contributed by atoms with Crippen molar-refractivity contribution in [2.75, 3.05) is 39.2 Å². The molecule has 0 spiro atoms. The quantitative estimate of drug-likeness (QED) is 0.594. The average Bonchev–Trinajstić information content (AvgIpc) is 3.29. The molecule has 0 aliphatic carbocycles. The van der Waals surface area contributed by atoms with Crippen LogP contribution in [0.3, 0.4) is 0 Å². The van der Waals surface area contributed by atoms with Crippen molar-refractivity contribution in [2.24, 2.45) is 0 Å². The van der Waals surface area contributed by atoms with E-state index in [2.05, 4.69) is 10.00 Å². The fourth-order valence-corrected chi connectivity index (χ4v) is 3.89. The molecule has 2 aromatic heterocycles. The van der Waals surface area contributed by atoms with Crippen molar-refractivity contribution in [1.29, 1.82) is 0 Å². The summed E-state index contributed by atoms with van der Waals surface area (Å²) in [6.45, 7) is 4.12. The number of nitrogens with zero attached hydrogens (tertiary/aromatic N) is 5. The van der Waals surface area contributed by atoms with E-state index in [1.807, 2.05) is 39.2 Å². The molecule has 0 aliphatic heterocycles. The van der Waals surface area contributed by atoms with E-state index < -0.39 is 0 Å². The molecule has 8 heteroatoms. The zero-order valence-corrected chi connectivity index (χ0v) is 17.0. The maximum absolute atomic E-state index is 13.3. The first kappa shape index (κ1) is 19.3. The molecule has 7 nitrogen and oxygen atoms in total. The number of benzene rings is 1. The highest BCUT2D eigenvalue weighted by Crippen LogP contribution is 2.32. The summed E-state index contributed by atoms with van der Waals surface area (Å²) in [4.78, 5) is 21.8. The van der Waals surface area contributed by atoms with E-state index in [1.54, 1.807) is 29.0 Å². The van der Waals surface area contributed by atoms with E-state index in [0.717, 1.165) is 28.9 Å². The second-order valence-corrected chi connectivity index (χ2v) is 7.49. The number of aromatic nitrogens is 3. The number of thiazole rings is 1. The lowest BCUT2D eigenvalue weighted by Gasteiger charge is -2.21. The normalized spacial score (nSPS) is 11.3. The van der Waals surface area contributed by atoms with Gasteiger partial charge in [-0.25, -0.2) is 4.98 Å². The van der Waals surface area contributed by atoms with Crippen molar-refractivity contribution in [3.63, 3.8) is 0 Å². The van der Waals surface area contributed by atoms with Crippen molar-refractivity contribution in [2.45, 2.75) is 19.9 Å². The molecule has 0 fully saturated rings. The van der Waals surface area contributed by atoms with Gasteiger partial charge in [-0.2, -0.15) is 5.10 Å². The standard InChI is InChI=1S/C19H25N5O2S/c1-5-24-16(9-10-20-24)18(25)23(12-6-11-22(2)3)19-21-15-8-7-14(26-4)13-17(15)27-19/h7-10,13H,5-6,11-12H2,1-4H3. The topological polar surface area (TPSA) is 63.5 Å². The van der Waals surface area contributed by atoms with E-state index in [4.69, 9.17) is 9.72 Å². The zero-order valence-electron chi connectivity index (χ0n) is 16.2. The number of methoxy groups -OCH3 is 1. The number of rotatable bonds is 8. The minimum atomic E-state index is -0.0703. The highest BCUT2D eigenvalue weighted by molar-refractivity contribution is 7.22. The first-order valence-electron chi connectivity index (χ1n) is 8.96. The van der Waals surface area contributed by atoms with Crippen LogP contribution in [0.25, 0.3) is 10.2 Å². The summed E-state index contributed by atoms with van der Waals surface area (Å²) in [6.07, 6.45) is 2.52. The highest BCUT2D eigenvalue weighted by atomic mass is 32.1. The maximum Gasteiger partial charge on any atom is 0.278 e. The smallest absolute Gasteiger partial charge is 0.278 e. The minimum Gasteiger partial charge on any atom is -0.497 e. The van der Waals surface area contributed by atoms with Crippen LogP contribution in [0.4, 0.5) is 5.13 Å². The number of aryl methyl sites for hydroxylation is 1. The van der Waals surface area contributed by atoms with Crippen molar-refractivity contribution < 1.29 is 9.53 Å². The molecule has 0 radical (unpaired) electrons. The highest BCUT2D eigenvalue weighted by Gasteiger charge is 2.23. The molecule has 0 saturated carbocycles. The van der Waals surface area contributed by atoms with Crippen LogP contribution in [-0.4, -0.2) is 59.9 Å². The molecule has 144 valence electrons. The third kappa shape index (κ3) is 4.28. The van der Waals surface area contributed by atoms with Crippen LogP contribution in [0, 0.1) is 0 Å². The largest absolute Gasteiger partial charge is 0.497 e. The van der Waals surface area contributed by atoms with Crippen LogP contribution in [0.1, 0.15) is 23.8 Å². The number of anilines is 1. The van der Waals surface area contributed by atoms with Gasteiger partial charge in [0.2, 0.25) is 0 Å². The zero-order chi connectivity index (χ0) is 19.4. The number of ether oxygens (including phenoxy) is 1. The number of fused-ring (bicyclic) bond motifs is 1. The Morgan fingerprint density at radius 3 is 2.78 bits per heavy atom. The Balaban J connectivity index is 1.94. The second kappa shape index (κ2) is 8.49. The number of amides is 1. The first-order valence-corrected chi connectivity index (χ1v) is 9.78. The van der Waals surface area contributed by atoms with Crippen LogP contribution in [0.5, 0.6) is 5.75 Å². The molecule has 2 heterocycles. The predicted molar refractivity (Wildman–Crippen MR) is 109 cm³/mol. The lowest BCUT2D eigenvalue weighted by molar-refractivity contribution is 0.0975. The van der Waals surface area contributed by atoms with Gasteiger partial charge in [-0.05, 0) is 58.3 Å². The van der Waals surface area contributed by atoms with Crippen molar-refractivity contribution in [1.82, 2.24) is 19.7 Å². The summed E-state index contributed by atoms with van der Waals surface area (Å²) >= 11 is 1.50. The molecule has 1 amide bonds. The molecule has 0 aliphatic rings. The molecule has 0 bridgehead atoms. The molecule has 3 rings (SSSR count). The third-order valence-corrected chi connectivity index (χ3v) is 5.32. The van der Waals surface area contributed by atoms with Gasteiger partial charge in [-0.15, -0.1) is 0 Å². The SMILES string of the molecule is CCn1nccc1C(=O)N(CCCN(C)C)c1nc2ccc(OC)cc2s1. The van der Waals surface area contributed by atoms with Gasteiger partial charge in [0.15, 0.2) is 5.13 Å². The molecule has 0 atom stereocenters. The Bertz CT molecular complexity index is 918. The van der Waals surface area contributed by atoms with Gasteiger partial charge in [0.1, 0.15) is 11.4 Å². The summed E-state index contributed by atoms with van der Waals surface area (Å²) in [6, 6.07) is 7.53. The molecule has 0 unspecified atom stereocenters. The number of hydrogen-bond donors (Lipinski definition) is 0. The van der Waals surface area contributed by atoms with Crippen molar-refractivity contribution in [3.8, 4) is 5.75 Å². The van der Waals surface area contributed by atoms with Crippen LogP contribution in [0.15, 0.2) is 30.5 Å². The summed E-state index contributed by atoms with van der Waals surface area (Å²) in [5.41, 5.74) is 1.45. The Morgan fingerprint density at radius 1 is 1.26 bits per heavy atom. The van der Waals surface area contributed by atoms with Crippen LogP contribution >= 0.6 is 11.3 Å². The van der Waals surface area contributed by atoms with E-state index in [9.17, 15) is 4.79 Å². The van der Waals surface area contributed by atoms with Gasteiger partial charge in [0.05, 0.1) is 17.3 Å². The lowest BCUT2D eigenvalue weighted by Crippen LogP contribution is -2.34. The molecule has 3 aromatic rings. The van der Waals surface area contributed by atoms with E-state index in [1.165, 1.54) is 11.3 Å². The first-order chi connectivity index (χ1) is 13.0. The molecular formula is C19H25N5O2S. The van der Waals surface area contributed by atoms with Crippen LogP contribution in [-0.2, 0) is 6.54 Å². The summed E-state index contributed by atoms with van der Waals surface area (Å²) < 4.78 is 8.02. The Kier molecular flexibility index (Phi) is 6.08. The number of carbonyl (C=O) groups excluding carboxylic acids is 1. The van der Waals surface area contributed by atoms with E-state index in [0.29, 0.717) is 23.9 Å². The Hall–Kier alpha value is -2.45. The van der Waals surface area contributed by atoms with Crippen molar-refractivity contribution in [3.05, 3.63) is 36.2 Å². The van der Waals surface area contributed by atoms with E-state index >= 15 is 0 Å². The lowest BCUT2D eigenvalue weighted by atomic mass is 10.3. The predicted octanol–water partition coefficient (Wildman–Crippen LogP) is 3.12. The van der Waals surface area contributed by atoms with Gasteiger partial charge in [-0.3, -0.25) is 14.4 Å². The summed E-state index contributed by atoms with van der Waals surface area (Å²) in [7, 11) is 5.71. The van der Waals surface area contributed by atoms with Crippen molar-refractivity contribution >= 4 is 32.6 Å². The maximum atomic E-state index is 13.3. The molecule has 0 saturated heterocycles. The van der Waals surface area contributed by atoms with Gasteiger partial charge in [-0.1, -0.05) is 11.3 Å². The number of carbonyl (C=O) groups is 1. The fraction of sp³-hybridized carbons (Fsp3) is 0.421. The summed E-state index contributed by atoms with van der Waals surface area (Å²) in [5.74, 6) is 0.714. The second-order valence-electron chi connectivity index (χ2n) is 6.48. The molecule has 27 heavy (non-hydrogen) atoms. The molecule has 1 aromatic carbocycles. The molecular weight excluding hydrogens is 362 g/mol. The van der Waals surface area contributed by atoms with Crippen LogP contribution in [0.2, 0.25) is 0 Å². The third-order valence-electron chi connectivity index (χ3n) is 4.28. The van der Waals surface area contributed by atoms with E-state index in [-0.39, 0.29) is 5.91 Å². The fourth-order valence-electron chi connectivity index (χ4n) is 2.87. The minimum absolute atomic E-state index is 0.0703. The molecule has 0 N–H and O–H groups in total. The summed E-state index contributed by atoms with van der Waals surface area (Å²) in [5, 5.41) is 4.93.